The molecule has 0 aliphatic rings. The number of aryl methyl sites for hydroxylation is 1. The first kappa shape index (κ1) is 14.8. The van der Waals surface area contributed by atoms with Crippen LogP contribution >= 0.6 is 15.9 Å². The van der Waals surface area contributed by atoms with Crippen LogP contribution in [-0.4, -0.2) is 8.42 Å². The van der Waals surface area contributed by atoms with E-state index in [2.05, 4.69) is 20.7 Å². The summed E-state index contributed by atoms with van der Waals surface area (Å²) in [6, 6.07) is 8.52. The smallest absolute Gasteiger partial charge is 0.261 e. The van der Waals surface area contributed by atoms with E-state index in [4.69, 9.17) is 5.73 Å². The molecular formula is C13H12BrFN2O2S. The summed E-state index contributed by atoms with van der Waals surface area (Å²) >= 11 is 3.05. The van der Waals surface area contributed by atoms with Crippen LogP contribution in [0.15, 0.2) is 45.8 Å². The third-order valence-electron chi connectivity index (χ3n) is 2.68. The second-order valence-electron chi connectivity index (χ2n) is 4.26. The van der Waals surface area contributed by atoms with Crippen molar-refractivity contribution in [3.05, 3.63) is 52.3 Å². The summed E-state index contributed by atoms with van der Waals surface area (Å²) in [7, 11) is -3.80. The first-order valence-corrected chi connectivity index (χ1v) is 7.91. The number of hydrogen-bond acceptors (Lipinski definition) is 3. The Morgan fingerprint density at radius 2 is 1.95 bits per heavy atom. The molecule has 0 heterocycles. The topological polar surface area (TPSA) is 72.2 Å². The third-order valence-corrected chi connectivity index (χ3v) is 4.65. The van der Waals surface area contributed by atoms with Gasteiger partial charge in [-0.25, -0.2) is 12.8 Å². The zero-order chi connectivity index (χ0) is 14.9. The van der Waals surface area contributed by atoms with Crippen molar-refractivity contribution < 1.29 is 12.8 Å². The lowest BCUT2D eigenvalue weighted by Gasteiger charge is -2.11. The summed E-state index contributed by atoms with van der Waals surface area (Å²) in [6.07, 6.45) is 0. The minimum absolute atomic E-state index is 0.0280. The molecule has 2 aromatic rings. The molecule has 2 rings (SSSR count). The Labute approximate surface area is 125 Å². The molecule has 0 saturated heterocycles. The monoisotopic (exact) mass is 358 g/mol. The molecule has 106 valence electrons. The van der Waals surface area contributed by atoms with Crippen LogP contribution < -0.4 is 10.5 Å². The van der Waals surface area contributed by atoms with Gasteiger partial charge in [0.2, 0.25) is 0 Å². The van der Waals surface area contributed by atoms with Gasteiger partial charge < -0.3 is 5.73 Å². The Morgan fingerprint density at radius 3 is 2.60 bits per heavy atom. The van der Waals surface area contributed by atoms with Gasteiger partial charge in [0.15, 0.2) is 0 Å². The van der Waals surface area contributed by atoms with Crippen LogP contribution in [0.5, 0.6) is 0 Å². The first-order chi connectivity index (χ1) is 9.29. The fourth-order valence-corrected chi connectivity index (χ4v) is 3.28. The molecule has 0 fully saturated rings. The molecule has 0 aromatic heterocycles. The SMILES string of the molecule is Cc1cc(Br)c(F)cc1NS(=O)(=O)c1cccc(N)c1. The first-order valence-electron chi connectivity index (χ1n) is 5.63. The minimum atomic E-state index is -3.80. The molecule has 2 aromatic carbocycles. The third kappa shape index (κ3) is 3.10. The standard InChI is InChI=1S/C13H12BrFN2O2S/c1-8-5-11(14)12(15)7-13(8)17-20(18,19)10-4-2-3-9(16)6-10/h2-7,17H,16H2,1H3. The van der Waals surface area contributed by atoms with E-state index in [-0.39, 0.29) is 15.1 Å². The molecule has 4 nitrogen and oxygen atoms in total. The van der Waals surface area contributed by atoms with Crippen molar-refractivity contribution in [2.24, 2.45) is 0 Å². The molecule has 0 spiro atoms. The predicted octanol–water partition coefficient (Wildman–Crippen LogP) is 3.28. The van der Waals surface area contributed by atoms with Gasteiger partial charge in [-0.1, -0.05) is 6.07 Å². The molecule has 20 heavy (non-hydrogen) atoms. The molecular weight excluding hydrogens is 347 g/mol. The van der Waals surface area contributed by atoms with Gasteiger partial charge in [-0.3, -0.25) is 4.72 Å². The van der Waals surface area contributed by atoms with Crippen molar-refractivity contribution in [3.63, 3.8) is 0 Å². The van der Waals surface area contributed by atoms with Crippen LogP contribution in [-0.2, 0) is 10.0 Å². The number of nitrogen functional groups attached to an aromatic ring is 1. The van der Waals surface area contributed by atoms with Crippen LogP contribution in [0.2, 0.25) is 0 Å². The zero-order valence-corrected chi connectivity index (χ0v) is 12.9. The number of hydrogen-bond donors (Lipinski definition) is 2. The van der Waals surface area contributed by atoms with Crippen LogP contribution in [0.4, 0.5) is 15.8 Å². The minimum Gasteiger partial charge on any atom is -0.399 e. The maximum atomic E-state index is 13.5. The molecule has 0 aliphatic carbocycles. The van der Waals surface area contributed by atoms with Crippen molar-refractivity contribution in [2.45, 2.75) is 11.8 Å². The Hall–Kier alpha value is -1.60. The summed E-state index contributed by atoms with van der Waals surface area (Å²) in [5.74, 6) is -0.541. The largest absolute Gasteiger partial charge is 0.399 e. The Kier molecular flexibility index (Phi) is 4.01. The molecule has 0 bridgehead atoms. The molecule has 0 saturated carbocycles. The Morgan fingerprint density at radius 1 is 1.25 bits per heavy atom. The highest BCUT2D eigenvalue weighted by Gasteiger charge is 2.16. The average molecular weight is 359 g/mol. The van der Waals surface area contributed by atoms with Crippen molar-refractivity contribution in [2.75, 3.05) is 10.5 Å². The maximum absolute atomic E-state index is 13.5. The van der Waals surface area contributed by atoms with Gasteiger partial charge in [0, 0.05) is 5.69 Å². The molecule has 0 atom stereocenters. The summed E-state index contributed by atoms with van der Waals surface area (Å²) in [5.41, 5.74) is 6.69. The number of rotatable bonds is 3. The van der Waals surface area contributed by atoms with Gasteiger partial charge in [-0.05, 0) is 58.7 Å². The van der Waals surface area contributed by atoms with Crippen molar-refractivity contribution in [1.29, 1.82) is 0 Å². The van der Waals surface area contributed by atoms with Crippen LogP contribution in [0.1, 0.15) is 5.56 Å². The van der Waals surface area contributed by atoms with E-state index < -0.39 is 15.8 Å². The number of nitrogens with two attached hydrogens (primary N) is 1. The molecule has 0 unspecified atom stereocenters. The van der Waals surface area contributed by atoms with Crippen molar-refractivity contribution in [3.8, 4) is 0 Å². The molecule has 0 amide bonds. The maximum Gasteiger partial charge on any atom is 0.261 e. The fraction of sp³-hybridized carbons (Fsp3) is 0.0769. The van der Waals surface area contributed by atoms with Crippen LogP contribution in [0.25, 0.3) is 0 Å². The van der Waals surface area contributed by atoms with E-state index in [9.17, 15) is 12.8 Å². The van der Waals surface area contributed by atoms with Crippen molar-refractivity contribution in [1.82, 2.24) is 0 Å². The van der Waals surface area contributed by atoms with E-state index in [1.165, 1.54) is 18.2 Å². The van der Waals surface area contributed by atoms with Gasteiger partial charge in [0.1, 0.15) is 5.82 Å². The highest BCUT2D eigenvalue weighted by molar-refractivity contribution is 9.10. The molecule has 0 radical (unpaired) electrons. The highest BCUT2D eigenvalue weighted by atomic mass is 79.9. The van der Waals surface area contributed by atoms with E-state index in [1.54, 1.807) is 19.1 Å². The summed E-state index contributed by atoms with van der Waals surface area (Å²) < 4.78 is 40.5. The summed E-state index contributed by atoms with van der Waals surface area (Å²) in [5, 5.41) is 0. The van der Waals surface area contributed by atoms with Gasteiger partial charge in [0.05, 0.1) is 15.1 Å². The fourth-order valence-electron chi connectivity index (χ4n) is 1.64. The van der Waals surface area contributed by atoms with E-state index in [0.29, 0.717) is 11.3 Å². The second kappa shape index (κ2) is 5.41. The summed E-state index contributed by atoms with van der Waals surface area (Å²) in [6.45, 7) is 1.68. The van der Waals surface area contributed by atoms with Crippen molar-refractivity contribution >= 4 is 37.3 Å². The quantitative estimate of drug-likeness (QED) is 0.827. The number of anilines is 2. The number of nitrogens with one attached hydrogen (secondary N) is 1. The molecule has 7 heteroatoms. The lowest BCUT2D eigenvalue weighted by molar-refractivity contribution is 0.601. The molecule has 0 aliphatic heterocycles. The average Bonchev–Trinajstić information content (AvgIpc) is 2.36. The Balaban J connectivity index is 2.41. The Bertz CT molecular complexity index is 763. The van der Waals surface area contributed by atoms with E-state index in [0.717, 1.165) is 6.07 Å². The van der Waals surface area contributed by atoms with Gasteiger partial charge in [-0.15, -0.1) is 0 Å². The van der Waals surface area contributed by atoms with E-state index >= 15 is 0 Å². The number of halogens is 2. The lowest BCUT2D eigenvalue weighted by atomic mass is 10.2. The summed E-state index contributed by atoms with van der Waals surface area (Å²) in [4.78, 5) is 0.0280. The normalized spacial score (nSPS) is 11.3. The van der Waals surface area contributed by atoms with Gasteiger partial charge in [-0.2, -0.15) is 0 Å². The van der Waals surface area contributed by atoms with Crippen LogP contribution in [0.3, 0.4) is 0 Å². The lowest BCUT2D eigenvalue weighted by Crippen LogP contribution is -2.14. The highest BCUT2D eigenvalue weighted by Crippen LogP contribution is 2.26. The van der Waals surface area contributed by atoms with Gasteiger partial charge in [0.25, 0.3) is 10.0 Å². The number of sulfonamides is 1. The predicted molar refractivity (Wildman–Crippen MR) is 80.5 cm³/mol. The molecule has 3 N–H and O–H groups in total. The second-order valence-corrected chi connectivity index (χ2v) is 6.80. The zero-order valence-electron chi connectivity index (χ0n) is 10.5. The van der Waals surface area contributed by atoms with E-state index in [1.807, 2.05) is 0 Å². The number of benzene rings is 2. The van der Waals surface area contributed by atoms with Gasteiger partial charge >= 0.3 is 0 Å². The van der Waals surface area contributed by atoms with Crippen LogP contribution in [0, 0.1) is 12.7 Å².